The number of carbonyl (C=O) groups is 1. The number of ether oxygens (including phenoxy) is 1. The van der Waals surface area contributed by atoms with Crippen LogP contribution >= 0.6 is 11.8 Å². The SMILES string of the molecule is CCSCCOc1cccc2c1CCC2=O. The molecule has 0 radical (unpaired) electrons. The molecule has 0 bridgehead atoms. The number of Topliss-reactive ketones (excluding diaryl/α,β-unsaturated/α-hetero) is 1. The number of hydrogen-bond acceptors (Lipinski definition) is 3. The second-order valence-corrected chi connectivity index (χ2v) is 5.14. The number of rotatable bonds is 5. The zero-order valence-corrected chi connectivity index (χ0v) is 10.3. The Balaban J connectivity index is 2.02. The quantitative estimate of drug-likeness (QED) is 0.735. The summed E-state index contributed by atoms with van der Waals surface area (Å²) >= 11 is 1.87. The third-order valence-electron chi connectivity index (χ3n) is 2.72. The van der Waals surface area contributed by atoms with Gasteiger partial charge in [0.25, 0.3) is 0 Å². The molecule has 0 saturated carbocycles. The molecule has 16 heavy (non-hydrogen) atoms. The van der Waals surface area contributed by atoms with E-state index in [1.807, 2.05) is 30.0 Å². The lowest BCUT2D eigenvalue weighted by molar-refractivity contribution is 0.0994. The number of benzene rings is 1. The number of fused-ring (bicyclic) bond motifs is 1. The summed E-state index contributed by atoms with van der Waals surface area (Å²) in [6.07, 6.45) is 1.48. The van der Waals surface area contributed by atoms with Crippen molar-refractivity contribution >= 4 is 17.5 Å². The Labute approximate surface area is 100 Å². The highest BCUT2D eigenvalue weighted by molar-refractivity contribution is 7.99. The molecular weight excluding hydrogens is 220 g/mol. The Hall–Kier alpha value is -0.960. The van der Waals surface area contributed by atoms with E-state index in [9.17, 15) is 4.79 Å². The van der Waals surface area contributed by atoms with Crippen LogP contribution in [0.4, 0.5) is 0 Å². The average molecular weight is 236 g/mol. The Morgan fingerprint density at radius 2 is 2.25 bits per heavy atom. The Morgan fingerprint density at radius 3 is 3.06 bits per heavy atom. The molecule has 1 aromatic carbocycles. The average Bonchev–Trinajstić information content (AvgIpc) is 2.68. The molecule has 0 heterocycles. The fourth-order valence-corrected chi connectivity index (χ4v) is 2.44. The van der Waals surface area contributed by atoms with Crippen LogP contribution < -0.4 is 4.74 Å². The van der Waals surface area contributed by atoms with Gasteiger partial charge in [0.05, 0.1) is 6.61 Å². The minimum atomic E-state index is 0.253. The fraction of sp³-hybridized carbons (Fsp3) is 0.462. The van der Waals surface area contributed by atoms with Crippen molar-refractivity contribution in [3.8, 4) is 5.75 Å². The van der Waals surface area contributed by atoms with E-state index in [4.69, 9.17) is 4.74 Å². The van der Waals surface area contributed by atoms with E-state index in [1.165, 1.54) is 0 Å². The van der Waals surface area contributed by atoms with Crippen molar-refractivity contribution in [2.75, 3.05) is 18.1 Å². The lowest BCUT2D eigenvalue weighted by Crippen LogP contribution is -2.03. The lowest BCUT2D eigenvalue weighted by Gasteiger charge is -2.09. The van der Waals surface area contributed by atoms with E-state index in [0.29, 0.717) is 6.42 Å². The molecule has 0 amide bonds. The van der Waals surface area contributed by atoms with Crippen LogP contribution in [-0.4, -0.2) is 23.9 Å². The normalized spacial score (nSPS) is 13.9. The van der Waals surface area contributed by atoms with Crippen LogP contribution in [0.5, 0.6) is 5.75 Å². The predicted molar refractivity (Wildman–Crippen MR) is 67.6 cm³/mol. The van der Waals surface area contributed by atoms with Gasteiger partial charge in [0.1, 0.15) is 5.75 Å². The predicted octanol–water partition coefficient (Wildman–Crippen LogP) is 2.95. The third kappa shape index (κ3) is 2.40. The second-order valence-electron chi connectivity index (χ2n) is 3.75. The van der Waals surface area contributed by atoms with Gasteiger partial charge in [0, 0.05) is 23.3 Å². The maximum absolute atomic E-state index is 11.5. The van der Waals surface area contributed by atoms with Crippen molar-refractivity contribution in [3.63, 3.8) is 0 Å². The summed E-state index contributed by atoms with van der Waals surface area (Å²) < 4.78 is 5.73. The molecule has 1 aliphatic rings. The molecule has 2 nitrogen and oxygen atoms in total. The molecular formula is C13H16O2S. The number of ketones is 1. The van der Waals surface area contributed by atoms with Crippen LogP contribution in [0.1, 0.15) is 29.3 Å². The van der Waals surface area contributed by atoms with E-state index in [-0.39, 0.29) is 5.78 Å². The summed E-state index contributed by atoms with van der Waals surface area (Å²) in [5, 5.41) is 0. The molecule has 3 heteroatoms. The van der Waals surface area contributed by atoms with Crippen molar-refractivity contribution in [2.45, 2.75) is 19.8 Å². The van der Waals surface area contributed by atoms with Crippen molar-refractivity contribution in [3.05, 3.63) is 29.3 Å². The van der Waals surface area contributed by atoms with Crippen LogP contribution in [0.3, 0.4) is 0 Å². The number of hydrogen-bond donors (Lipinski definition) is 0. The molecule has 2 rings (SSSR count). The summed E-state index contributed by atoms with van der Waals surface area (Å²) in [5.41, 5.74) is 1.97. The van der Waals surface area contributed by atoms with Crippen LogP contribution in [0, 0.1) is 0 Å². The van der Waals surface area contributed by atoms with Gasteiger partial charge < -0.3 is 4.74 Å². The minimum absolute atomic E-state index is 0.253. The third-order valence-corrected chi connectivity index (χ3v) is 3.59. The topological polar surface area (TPSA) is 26.3 Å². The molecule has 0 fully saturated rings. The smallest absolute Gasteiger partial charge is 0.163 e. The minimum Gasteiger partial charge on any atom is -0.492 e. The van der Waals surface area contributed by atoms with Crippen molar-refractivity contribution in [1.82, 2.24) is 0 Å². The van der Waals surface area contributed by atoms with E-state index in [0.717, 1.165) is 41.4 Å². The van der Waals surface area contributed by atoms with Crippen molar-refractivity contribution in [1.29, 1.82) is 0 Å². The fourth-order valence-electron chi connectivity index (χ4n) is 1.95. The molecule has 0 unspecified atom stereocenters. The maximum Gasteiger partial charge on any atom is 0.163 e. The van der Waals surface area contributed by atoms with Gasteiger partial charge >= 0.3 is 0 Å². The molecule has 0 saturated heterocycles. The molecule has 0 aliphatic heterocycles. The second kappa shape index (κ2) is 5.39. The summed E-state index contributed by atoms with van der Waals surface area (Å²) in [4.78, 5) is 11.5. The summed E-state index contributed by atoms with van der Waals surface area (Å²) in [6, 6.07) is 5.77. The van der Waals surface area contributed by atoms with E-state index in [1.54, 1.807) is 0 Å². The highest BCUT2D eigenvalue weighted by atomic mass is 32.2. The first-order chi connectivity index (χ1) is 7.83. The Morgan fingerprint density at radius 1 is 1.38 bits per heavy atom. The summed E-state index contributed by atoms with van der Waals surface area (Å²) in [7, 11) is 0. The first-order valence-electron chi connectivity index (χ1n) is 5.68. The molecule has 86 valence electrons. The first kappa shape index (κ1) is 11.5. The van der Waals surface area contributed by atoms with Crippen LogP contribution in [-0.2, 0) is 6.42 Å². The van der Waals surface area contributed by atoms with Gasteiger partial charge in [-0.15, -0.1) is 0 Å². The van der Waals surface area contributed by atoms with Gasteiger partial charge in [0.2, 0.25) is 0 Å². The van der Waals surface area contributed by atoms with E-state index >= 15 is 0 Å². The zero-order valence-electron chi connectivity index (χ0n) is 9.49. The Kier molecular flexibility index (Phi) is 3.88. The van der Waals surface area contributed by atoms with Gasteiger partial charge in [-0.05, 0) is 18.2 Å². The van der Waals surface area contributed by atoms with Gasteiger partial charge in [-0.1, -0.05) is 19.1 Å². The zero-order chi connectivity index (χ0) is 11.4. The van der Waals surface area contributed by atoms with Crippen molar-refractivity contribution < 1.29 is 9.53 Å². The molecule has 1 aliphatic carbocycles. The molecule has 0 spiro atoms. The van der Waals surface area contributed by atoms with Crippen LogP contribution in [0.25, 0.3) is 0 Å². The maximum atomic E-state index is 11.5. The molecule has 1 aromatic rings. The van der Waals surface area contributed by atoms with Crippen LogP contribution in [0.2, 0.25) is 0 Å². The first-order valence-corrected chi connectivity index (χ1v) is 6.84. The number of carbonyl (C=O) groups excluding carboxylic acids is 1. The van der Waals surface area contributed by atoms with Gasteiger partial charge in [-0.2, -0.15) is 11.8 Å². The highest BCUT2D eigenvalue weighted by Gasteiger charge is 2.22. The monoisotopic (exact) mass is 236 g/mol. The van der Waals surface area contributed by atoms with E-state index < -0.39 is 0 Å². The Bertz CT molecular complexity index is 388. The van der Waals surface area contributed by atoms with Gasteiger partial charge in [-0.25, -0.2) is 0 Å². The van der Waals surface area contributed by atoms with Gasteiger partial charge in [-0.3, -0.25) is 4.79 Å². The highest BCUT2D eigenvalue weighted by Crippen LogP contribution is 2.30. The summed E-state index contributed by atoms with van der Waals surface area (Å²) in [5.74, 6) is 3.28. The lowest BCUT2D eigenvalue weighted by atomic mass is 10.1. The summed E-state index contributed by atoms with van der Waals surface area (Å²) in [6.45, 7) is 2.87. The molecule has 0 N–H and O–H groups in total. The van der Waals surface area contributed by atoms with Crippen molar-refractivity contribution in [2.24, 2.45) is 0 Å². The largest absolute Gasteiger partial charge is 0.492 e. The molecule has 0 aromatic heterocycles. The molecule has 0 atom stereocenters. The van der Waals surface area contributed by atoms with E-state index in [2.05, 4.69) is 6.92 Å². The van der Waals surface area contributed by atoms with Crippen LogP contribution in [0.15, 0.2) is 18.2 Å². The standard InChI is InChI=1S/C13H16O2S/c1-2-16-9-8-15-13-5-3-4-10-11(13)6-7-12(10)14/h3-5H,2,6-9H2,1H3. The number of thioether (sulfide) groups is 1. The van der Waals surface area contributed by atoms with Gasteiger partial charge in [0.15, 0.2) is 5.78 Å².